The number of hydrogen-bond donors (Lipinski definition) is 0. The average Bonchev–Trinajstić information content (AvgIpc) is 2.72. The van der Waals surface area contributed by atoms with Crippen LogP contribution in [0, 0.1) is 0 Å². The fourth-order valence-electron chi connectivity index (χ4n) is 3.37. The summed E-state index contributed by atoms with van der Waals surface area (Å²) in [5, 5.41) is -0.219. The Hall–Kier alpha value is -2.52. The molecule has 0 aromatic heterocycles. The van der Waals surface area contributed by atoms with Crippen molar-refractivity contribution in [3.8, 4) is 0 Å². The SMILES string of the molecule is O=C([C@H](Sc1ccccc1)c1ccccc1)N1CCc2ccccc2C1. The van der Waals surface area contributed by atoms with Crippen molar-refractivity contribution in [2.45, 2.75) is 23.1 Å². The first-order valence-corrected chi connectivity index (χ1v) is 9.81. The van der Waals surface area contributed by atoms with Gasteiger partial charge in [-0.15, -0.1) is 11.8 Å². The number of nitrogens with zero attached hydrogens (tertiary/aromatic N) is 1. The van der Waals surface area contributed by atoms with Gasteiger partial charge in [0.2, 0.25) is 5.91 Å². The van der Waals surface area contributed by atoms with Gasteiger partial charge in [0.25, 0.3) is 0 Å². The van der Waals surface area contributed by atoms with Crippen LogP contribution in [0.25, 0.3) is 0 Å². The molecule has 0 spiro atoms. The third kappa shape index (κ3) is 3.68. The summed E-state index contributed by atoms with van der Waals surface area (Å²) in [6, 6.07) is 28.7. The Labute approximate surface area is 158 Å². The highest BCUT2D eigenvalue weighted by Gasteiger charge is 2.29. The summed E-state index contributed by atoms with van der Waals surface area (Å²) in [6.45, 7) is 1.49. The van der Waals surface area contributed by atoms with Gasteiger partial charge in [0, 0.05) is 18.0 Å². The third-order valence-electron chi connectivity index (χ3n) is 4.77. The Morgan fingerprint density at radius 3 is 2.15 bits per heavy atom. The number of fused-ring (bicyclic) bond motifs is 1. The topological polar surface area (TPSA) is 20.3 Å². The Morgan fingerprint density at radius 2 is 1.42 bits per heavy atom. The van der Waals surface area contributed by atoms with Gasteiger partial charge in [-0.25, -0.2) is 0 Å². The van der Waals surface area contributed by atoms with E-state index in [1.54, 1.807) is 11.8 Å². The number of hydrogen-bond acceptors (Lipinski definition) is 2. The highest BCUT2D eigenvalue weighted by Crippen LogP contribution is 2.37. The van der Waals surface area contributed by atoms with Crippen LogP contribution in [0.5, 0.6) is 0 Å². The summed E-state index contributed by atoms with van der Waals surface area (Å²) >= 11 is 1.63. The van der Waals surface area contributed by atoms with Crippen LogP contribution in [0.2, 0.25) is 0 Å². The normalized spacial score (nSPS) is 14.5. The van der Waals surface area contributed by atoms with Crippen LogP contribution in [-0.2, 0) is 17.8 Å². The summed E-state index contributed by atoms with van der Waals surface area (Å²) in [5.41, 5.74) is 3.69. The highest BCUT2D eigenvalue weighted by atomic mass is 32.2. The molecule has 0 N–H and O–H groups in total. The van der Waals surface area contributed by atoms with Crippen molar-refractivity contribution in [3.05, 3.63) is 102 Å². The Morgan fingerprint density at radius 1 is 0.808 bits per heavy atom. The second-order valence-corrected chi connectivity index (χ2v) is 7.68. The smallest absolute Gasteiger partial charge is 0.240 e. The molecule has 0 saturated carbocycles. The van der Waals surface area contributed by atoms with Crippen LogP contribution in [0.3, 0.4) is 0 Å². The van der Waals surface area contributed by atoms with Gasteiger partial charge >= 0.3 is 0 Å². The molecular formula is C23H21NOS. The van der Waals surface area contributed by atoms with Gasteiger partial charge in [-0.1, -0.05) is 72.8 Å². The van der Waals surface area contributed by atoms with Crippen LogP contribution in [-0.4, -0.2) is 17.4 Å². The van der Waals surface area contributed by atoms with Gasteiger partial charge in [-0.3, -0.25) is 4.79 Å². The quantitative estimate of drug-likeness (QED) is 0.604. The minimum Gasteiger partial charge on any atom is -0.337 e. The molecule has 3 aromatic rings. The van der Waals surface area contributed by atoms with Crippen molar-refractivity contribution in [1.82, 2.24) is 4.90 Å². The summed E-state index contributed by atoms with van der Waals surface area (Å²) in [7, 11) is 0. The molecule has 3 aromatic carbocycles. The Balaban J connectivity index is 1.60. The fourth-order valence-corrected chi connectivity index (χ4v) is 4.50. The van der Waals surface area contributed by atoms with Crippen molar-refractivity contribution >= 4 is 17.7 Å². The van der Waals surface area contributed by atoms with E-state index in [-0.39, 0.29) is 11.2 Å². The average molecular weight is 359 g/mol. The second kappa shape index (κ2) is 7.79. The first-order chi connectivity index (χ1) is 12.8. The zero-order valence-corrected chi connectivity index (χ0v) is 15.4. The number of carbonyl (C=O) groups excluding carboxylic acids is 1. The zero-order valence-electron chi connectivity index (χ0n) is 14.5. The monoisotopic (exact) mass is 359 g/mol. The van der Waals surface area contributed by atoms with E-state index in [2.05, 4.69) is 48.5 Å². The van der Waals surface area contributed by atoms with Gasteiger partial charge in [0.15, 0.2) is 0 Å². The van der Waals surface area contributed by atoms with Crippen LogP contribution in [0.1, 0.15) is 21.9 Å². The van der Waals surface area contributed by atoms with Gasteiger partial charge in [0.05, 0.1) is 0 Å². The molecule has 1 aliphatic heterocycles. The fraction of sp³-hybridized carbons (Fsp3) is 0.174. The Bertz CT molecular complexity index is 879. The van der Waals surface area contributed by atoms with E-state index >= 15 is 0 Å². The van der Waals surface area contributed by atoms with E-state index in [9.17, 15) is 4.79 Å². The lowest BCUT2D eigenvalue weighted by atomic mass is 9.99. The molecule has 1 amide bonds. The number of amides is 1. The molecule has 0 bridgehead atoms. The zero-order chi connectivity index (χ0) is 17.8. The molecule has 1 aliphatic rings. The minimum atomic E-state index is -0.219. The molecule has 130 valence electrons. The van der Waals surface area contributed by atoms with E-state index < -0.39 is 0 Å². The predicted molar refractivity (Wildman–Crippen MR) is 107 cm³/mol. The van der Waals surface area contributed by atoms with E-state index in [1.807, 2.05) is 41.3 Å². The van der Waals surface area contributed by atoms with Crippen LogP contribution >= 0.6 is 11.8 Å². The lowest BCUT2D eigenvalue weighted by Gasteiger charge is -2.32. The van der Waals surface area contributed by atoms with E-state index in [0.717, 1.165) is 23.4 Å². The summed E-state index contributed by atoms with van der Waals surface area (Å²) < 4.78 is 0. The van der Waals surface area contributed by atoms with Crippen LogP contribution < -0.4 is 0 Å². The lowest BCUT2D eigenvalue weighted by Crippen LogP contribution is -2.38. The number of carbonyl (C=O) groups is 1. The molecule has 2 nitrogen and oxygen atoms in total. The molecule has 26 heavy (non-hydrogen) atoms. The number of benzene rings is 3. The molecule has 0 fully saturated rings. The van der Waals surface area contributed by atoms with Crippen molar-refractivity contribution in [3.63, 3.8) is 0 Å². The van der Waals surface area contributed by atoms with Crippen molar-refractivity contribution in [2.24, 2.45) is 0 Å². The van der Waals surface area contributed by atoms with E-state index in [4.69, 9.17) is 0 Å². The number of thioether (sulfide) groups is 1. The molecule has 1 heterocycles. The lowest BCUT2D eigenvalue weighted by molar-refractivity contribution is -0.131. The Kier molecular flexibility index (Phi) is 5.07. The molecular weight excluding hydrogens is 338 g/mol. The molecule has 1 atom stereocenters. The van der Waals surface area contributed by atoms with Crippen LogP contribution in [0.15, 0.2) is 89.8 Å². The summed E-state index contributed by atoms with van der Waals surface area (Å²) in [4.78, 5) is 16.5. The molecule has 0 aliphatic carbocycles. The molecule has 0 unspecified atom stereocenters. The largest absolute Gasteiger partial charge is 0.337 e. The van der Waals surface area contributed by atoms with Gasteiger partial charge in [-0.2, -0.15) is 0 Å². The molecule has 0 radical (unpaired) electrons. The second-order valence-electron chi connectivity index (χ2n) is 6.50. The van der Waals surface area contributed by atoms with E-state index in [1.165, 1.54) is 11.1 Å². The van der Waals surface area contributed by atoms with Gasteiger partial charge < -0.3 is 4.90 Å². The van der Waals surface area contributed by atoms with E-state index in [0.29, 0.717) is 6.54 Å². The molecule has 3 heteroatoms. The maximum atomic E-state index is 13.4. The predicted octanol–water partition coefficient (Wildman–Crippen LogP) is 5.10. The maximum Gasteiger partial charge on any atom is 0.240 e. The molecule has 4 rings (SSSR count). The third-order valence-corrected chi connectivity index (χ3v) is 6.02. The van der Waals surface area contributed by atoms with Gasteiger partial charge in [-0.05, 0) is 35.2 Å². The van der Waals surface area contributed by atoms with Crippen molar-refractivity contribution in [1.29, 1.82) is 0 Å². The maximum absolute atomic E-state index is 13.4. The van der Waals surface area contributed by atoms with Crippen LogP contribution in [0.4, 0.5) is 0 Å². The van der Waals surface area contributed by atoms with Gasteiger partial charge in [0.1, 0.15) is 5.25 Å². The number of rotatable bonds is 4. The van der Waals surface area contributed by atoms with Crippen molar-refractivity contribution in [2.75, 3.05) is 6.54 Å². The standard InChI is InChI=1S/C23H21NOS/c25-23(24-16-15-18-9-7-8-12-20(18)17-24)22(19-10-3-1-4-11-19)26-21-13-5-2-6-14-21/h1-14,22H,15-17H2/t22-/m1/s1. The summed E-state index contributed by atoms with van der Waals surface area (Å²) in [5.74, 6) is 0.194. The first kappa shape index (κ1) is 16.9. The minimum absolute atomic E-state index is 0.194. The summed E-state index contributed by atoms with van der Waals surface area (Å²) in [6.07, 6.45) is 0.930. The first-order valence-electron chi connectivity index (χ1n) is 8.93. The highest BCUT2D eigenvalue weighted by molar-refractivity contribution is 8.00. The van der Waals surface area contributed by atoms with Crippen molar-refractivity contribution < 1.29 is 4.79 Å². The molecule has 0 saturated heterocycles.